The minimum atomic E-state index is 0.554. The first-order chi connectivity index (χ1) is 12.4. The van der Waals surface area contributed by atoms with Gasteiger partial charge in [0.05, 0.1) is 5.52 Å². The van der Waals surface area contributed by atoms with Crippen molar-refractivity contribution in [2.24, 2.45) is 0 Å². The molecule has 1 aliphatic rings. The topological polar surface area (TPSA) is 45.6 Å². The van der Waals surface area contributed by atoms with Gasteiger partial charge in [-0.05, 0) is 37.1 Å². The molecule has 0 unspecified atom stereocenters. The van der Waals surface area contributed by atoms with Crippen molar-refractivity contribution < 1.29 is 0 Å². The first-order valence-electron chi connectivity index (χ1n) is 9.19. The Morgan fingerprint density at radius 2 is 1.88 bits per heavy atom. The number of anilines is 2. The highest BCUT2D eigenvalue weighted by atomic mass is 15.1. The average molecular weight is 330 g/mol. The van der Waals surface area contributed by atoms with E-state index in [0.717, 1.165) is 11.3 Å². The van der Waals surface area contributed by atoms with E-state index in [1.807, 2.05) is 12.4 Å². The first kappa shape index (κ1) is 14.6. The number of H-pyrrole nitrogens is 1. The maximum Gasteiger partial charge on any atom is 0.139 e. The molecule has 0 aliphatic heterocycles. The molecule has 126 valence electrons. The number of nitrogens with zero attached hydrogens (tertiary/aromatic N) is 2. The summed E-state index contributed by atoms with van der Waals surface area (Å²) in [6.45, 7) is 0. The van der Waals surface area contributed by atoms with Crippen molar-refractivity contribution >= 4 is 33.4 Å². The fourth-order valence-electron chi connectivity index (χ4n) is 4.21. The van der Waals surface area contributed by atoms with E-state index < -0.39 is 0 Å². The van der Waals surface area contributed by atoms with Crippen molar-refractivity contribution in [1.29, 1.82) is 0 Å². The fraction of sp³-hybridized carbons (Fsp3) is 0.286. The molecule has 4 heteroatoms. The Balaban J connectivity index is 1.72. The molecular weight excluding hydrogens is 308 g/mol. The molecule has 3 heterocycles. The summed E-state index contributed by atoms with van der Waals surface area (Å²) in [5.41, 5.74) is 3.39. The quantitative estimate of drug-likeness (QED) is 0.501. The third-order valence-electron chi connectivity index (χ3n) is 5.37. The molecule has 25 heavy (non-hydrogen) atoms. The van der Waals surface area contributed by atoms with Crippen LogP contribution in [-0.2, 0) is 0 Å². The zero-order valence-electron chi connectivity index (χ0n) is 14.2. The highest BCUT2D eigenvalue weighted by Gasteiger charge is 2.22. The number of rotatable bonds is 3. The van der Waals surface area contributed by atoms with E-state index in [0.29, 0.717) is 6.04 Å². The molecule has 0 saturated heterocycles. The summed E-state index contributed by atoms with van der Waals surface area (Å²) in [5.74, 6) is 1.17. The summed E-state index contributed by atoms with van der Waals surface area (Å²) in [5, 5.41) is 6.06. The van der Waals surface area contributed by atoms with Gasteiger partial charge in [-0.15, -0.1) is 0 Å². The van der Waals surface area contributed by atoms with Crippen molar-refractivity contribution in [3.8, 4) is 0 Å². The molecule has 0 radical (unpaired) electrons. The number of hydrogen-bond acceptors (Lipinski definition) is 2. The minimum Gasteiger partial charge on any atom is -0.346 e. The van der Waals surface area contributed by atoms with Gasteiger partial charge in [0.1, 0.15) is 11.5 Å². The van der Waals surface area contributed by atoms with Gasteiger partial charge in [0.25, 0.3) is 0 Å². The molecule has 3 aromatic heterocycles. The second-order valence-electron chi connectivity index (χ2n) is 6.98. The summed E-state index contributed by atoms with van der Waals surface area (Å²) >= 11 is 0. The molecule has 0 amide bonds. The second kappa shape index (κ2) is 5.96. The lowest BCUT2D eigenvalue weighted by Gasteiger charge is -2.27. The van der Waals surface area contributed by atoms with Gasteiger partial charge in [-0.3, -0.25) is 0 Å². The fourth-order valence-corrected chi connectivity index (χ4v) is 4.21. The molecule has 0 spiro atoms. The zero-order chi connectivity index (χ0) is 16.6. The van der Waals surface area contributed by atoms with E-state index in [1.54, 1.807) is 0 Å². The first-order valence-corrected chi connectivity index (χ1v) is 9.19. The van der Waals surface area contributed by atoms with Crippen LogP contribution in [0.25, 0.3) is 21.9 Å². The van der Waals surface area contributed by atoms with Crippen LogP contribution in [0, 0.1) is 0 Å². The van der Waals surface area contributed by atoms with Crippen LogP contribution in [-0.4, -0.2) is 14.5 Å². The Morgan fingerprint density at radius 3 is 2.72 bits per heavy atom. The number of benzene rings is 1. The van der Waals surface area contributed by atoms with Gasteiger partial charge in [-0.2, -0.15) is 0 Å². The number of hydrogen-bond donors (Lipinski definition) is 2. The molecule has 1 aromatic carbocycles. The molecule has 5 rings (SSSR count). The highest BCUT2D eigenvalue weighted by Crippen LogP contribution is 2.38. The molecule has 1 fully saturated rings. The predicted molar refractivity (Wildman–Crippen MR) is 103 cm³/mol. The maximum atomic E-state index is 4.58. The van der Waals surface area contributed by atoms with Crippen molar-refractivity contribution in [2.75, 3.05) is 5.32 Å². The predicted octanol–water partition coefficient (Wildman–Crippen LogP) is 5.77. The number of para-hydroxylation sites is 1. The second-order valence-corrected chi connectivity index (χ2v) is 6.98. The van der Waals surface area contributed by atoms with Crippen molar-refractivity contribution in [2.45, 2.75) is 38.1 Å². The molecule has 1 aliphatic carbocycles. The van der Waals surface area contributed by atoms with E-state index in [4.69, 9.17) is 0 Å². The SMILES string of the molecule is c1ccc(Nc2cc3cnc4[nH]ccc4c3n2C2CCCCC2)cc1. The van der Waals surface area contributed by atoms with Gasteiger partial charge in [-0.1, -0.05) is 37.5 Å². The zero-order valence-corrected chi connectivity index (χ0v) is 14.2. The van der Waals surface area contributed by atoms with Gasteiger partial charge < -0.3 is 14.9 Å². The summed E-state index contributed by atoms with van der Waals surface area (Å²) in [6.07, 6.45) is 10.5. The van der Waals surface area contributed by atoms with Crippen LogP contribution in [0.15, 0.2) is 54.9 Å². The largest absolute Gasteiger partial charge is 0.346 e. The van der Waals surface area contributed by atoms with Crippen LogP contribution in [0.5, 0.6) is 0 Å². The highest BCUT2D eigenvalue weighted by molar-refractivity contribution is 6.04. The molecule has 2 N–H and O–H groups in total. The lowest BCUT2D eigenvalue weighted by Crippen LogP contribution is -2.14. The molecule has 0 bridgehead atoms. The van der Waals surface area contributed by atoms with Crippen molar-refractivity contribution in [3.63, 3.8) is 0 Å². The Bertz CT molecular complexity index is 1010. The van der Waals surface area contributed by atoms with E-state index in [9.17, 15) is 0 Å². The van der Waals surface area contributed by atoms with Crippen molar-refractivity contribution in [3.05, 3.63) is 54.9 Å². The van der Waals surface area contributed by atoms with E-state index in [1.165, 1.54) is 54.2 Å². The van der Waals surface area contributed by atoms with Gasteiger partial charge in [0, 0.05) is 34.9 Å². The Kier molecular flexibility index (Phi) is 3.47. The van der Waals surface area contributed by atoms with Gasteiger partial charge in [0.2, 0.25) is 0 Å². The third kappa shape index (κ3) is 2.49. The van der Waals surface area contributed by atoms with E-state index in [-0.39, 0.29) is 0 Å². The summed E-state index contributed by atoms with van der Waals surface area (Å²) in [4.78, 5) is 7.84. The van der Waals surface area contributed by atoms with Crippen LogP contribution in [0.4, 0.5) is 11.5 Å². The molecule has 4 aromatic rings. The van der Waals surface area contributed by atoms with Gasteiger partial charge in [-0.25, -0.2) is 4.98 Å². The van der Waals surface area contributed by atoms with Crippen molar-refractivity contribution in [1.82, 2.24) is 14.5 Å². The molecular formula is C21H22N4. The van der Waals surface area contributed by atoms with Crippen LogP contribution in [0.2, 0.25) is 0 Å². The summed E-state index contributed by atoms with van der Waals surface area (Å²) < 4.78 is 2.53. The molecule has 4 nitrogen and oxygen atoms in total. The van der Waals surface area contributed by atoms with Gasteiger partial charge in [0.15, 0.2) is 0 Å². The number of aromatic nitrogens is 3. The Labute approximate surface area is 146 Å². The lowest BCUT2D eigenvalue weighted by atomic mass is 9.95. The number of nitrogens with one attached hydrogen (secondary N) is 2. The normalized spacial score (nSPS) is 15.8. The average Bonchev–Trinajstić information content (AvgIpc) is 3.27. The summed E-state index contributed by atoms with van der Waals surface area (Å²) in [6, 6.07) is 15.4. The van der Waals surface area contributed by atoms with Crippen LogP contribution in [0.1, 0.15) is 38.1 Å². The Morgan fingerprint density at radius 1 is 1.04 bits per heavy atom. The maximum absolute atomic E-state index is 4.58. The van der Waals surface area contributed by atoms with Crippen LogP contribution < -0.4 is 5.32 Å². The summed E-state index contributed by atoms with van der Waals surface area (Å²) in [7, 11) is 0. The van der Waals surface area contributed by atoms with E-state index in [2.05, 4.69) is 62.3 Å². The third-order valence-corrected chi connectivity index (χ3v) is 5.37. The van der Waals surface area contributed by atoms with Crippen LogP contribution >= 0.6 is 0 Å². The van der Waals surface area contributed by atoms with Crippen LogP contribution in [0.3, 0.4) is 0 Å². The Hall–Kier alpha value is -2.75. The standard InChI is InChI=1S/C21H22N4/c1-3-7-16(8-4-1)24-19-13-15-14-23-21-18(11-12-22-21)20(15)25(19)17-9-5-2-6-10-17/h1,3-4,7-8,11-14,17,24H,2,5-6,9-10H2,(H,22,23). The number of aromatic amines is 1. The smallest absolute Gasteiger partial charge is 0.139 e. The molecule has 1 saturated carbocycles. The minimum absolute atomic E-state index is 0.554. The number of pyridine rings is 1. The van der Waals surface area contributed by atoms with Gasteiger partial charge >= 0.3 is 0 Å². The lowest BCUT2D eigenvalue weighted by molar-refractivity contribution is 0.364. The van der Waals surface area contributed by atoms with E-state index >= 15 is 0 Å². The number of fused-ring (bicyclic) bond motifs is 3. The molecule has 0 atom stereocenters. The monoisotopic (exact) mass is 330 g/mol.